The van der Waals surface area contributed by atoms with Crippen LogP contribution in [0.25, 0.3) is 0 Å². The molecule has 2 nitrogen and oxygen atoms in total. The van der Waals surface area contributed by atoms with Crippen LogP contribution in [-0.2, 0) is 24.2 Å². The van der Waals surface area contributed by atoms with E-state index in [0.29, 0.717) is 44.4 Å². The molecule has 0 aromatic heterocycles. The first kappa shape index (κ1) is 28.0. The van der Waals surface area contributed by atoms with Gasteiger partial charge in [0.05, 0.1) is 22.6 Å². The number of benzene rings is 2. The van der Waals surface area contributed by atoms with Crippen LogP contribution in [0.5, 0.6) is 0 Å². The van der Waals surface area contributed by atoms with Crippen LogP contribution in [0, 0.1) is 17.2 Å². The van der Waals surface area contributed by atoms with Crippen molar-refractivity contribution < 1.29 is 26.3 Å². The minimum Gasteiger partial charge on any atom is -0.303 e. The fourth-order valence-corrected chi connectivity index (χ4v) is 5.46. The average molecular weight is 511 g/mol. The Morgan fingerprint density at radius 1 is 0.889 bits per heavy atom. The zero-order valence-electron chi connectivity index (χ0n) is 20.4. The number of nitriles is 1. The van der Waals surface area contributed by atoms with E-state index < -0.39 is 28.9 Å². The molecule has 196 valence electrons. The molecule has 1 saturated carbocycles. The van der Waals surface area contributed by atoms with Crippen molar-refractivity contribution >= 4 is 0 Å². The van der Waals surface area contributed by atoms with Gasteiger partial charge in [0.15, 0.2) is 0 Å². The summed E-state index contributed by atoms with van der Waals surface area (Å²) < 4.78 is 81.0. The highest BCUT2D eigenvalue weighted by atomic mass is 19.4. The summed E-state index contributed by atoms with van der Waals surface area (Å²) in [7, 11) is 0. The third kappa shape index (κ3) is 6.61. The molecule has 0 aliphatic heterocycles. The second-order valence-corrected chi connectivity index (χ2v) is 9.59. The number of halogens is 6. The largest absolute Gasteiger partial charge is 0.417 e. The molecule has 1 unspecified atom stereocenters. The Morgan fingerprint density at radius 3 is 2.08 bits per heavy atom. The number of hydrogen-bond acceptors (Lipinski definition) is 2. The average Bonchev–Trinajstić information content (AvgIpc) is 3.38. The Labute approximate surface area is 208 Å². The van der Waals surface area contributed by atoms with Gasteiger partial charge in [0, 0.05) is 6.54 Å². The fourth-order valence-electron chi connectivity index (χ4n) is 5.46. The molecule has 0 spiro atoms. The predicted octanol–water partition coefficient (Wildman–Crippen LogP) is 8.02. The molecule has 1 aliphatic carbocycles. The molecule has 2 aromatic carbocycles. The second kappa shape index (κ2) is 11.7. The molecule has 0 heterocycles. The molecule has 0 N–H and O–H groups in total. The van der Waals surface area contributed by atoms with E-state index >= 15 is 0 Å². The highest BCUT2D eigenvalue weighted by molar-refractivity contribution is 5.43. The molecule has 3 rings (SSSR count). The van der Waals surface area contributed by atoms with Crippen LogP contribution in [0.15, 0.2) is 48.5 Å². The fraction of sp³-hybridized carbons (Fsp3) is 0.536. The number of hydrogen-bond donors (Lipinski definition) is 0. The summed E-state index contributed by atoms with van der Waals surface area (Å²) in [6, 6.07) is 14.5. The van der Waals surface area contributed by atoms with Gasteiger partial charge < -0.3 is 4.90 Å². The first-order valence-corrected chi connectivity index (χ1v) is 12.5. The van der Waals surface area contributed by atoms with Crippen LogP contribution in [0.4, 0.5) is 26.3 Å². The third-order valence-electron chi connectivity index (χ3n) is 7.45. The maximum atomic E-state index is 13.7. The molecule has 2 aromatic rings. The van der Waals surface area contributed by atoms with Crippen LogP contribution in [0.3, 0.4) is 0 Å². The van der Waals surface area contributed by atoms with E-state index in [1.807, 2.05) is 25.1 Å². The maximum absolute atomic E-state index is 13.7. The lowest BCUT2D eigenvalue weighted by atomic mass is 9.67. The Hall–Kier alpha value is -2.53. The minimum absolute atomic E-state index is 0.0459. The van der Waals surface area contributed by atoms with E-state index in [9.17, 15) is 31.6 Å². The van der Waals surface area contributed by atoms with E-state index in [1.165, 1.54) is 5.56 Å². The van der Waals surface area contributed by atoms with Gasteiger partial charge in [0.2, 0.25) is 0 Å². The van der Waals surface area contributed by atoms with Gasteiger partial charge in [-0.2, -0.15) is 31.6 Å². The normalized spacial score (nSPS) is 16.8. The van der Waals surface area contributed by atoms with E-state index in [2.05, 4.69) is 23.1 Å². The molecule has 1 atom stereocenters. The van der Waals surface area contributed by atoms with Crippen molar-refractivity contribution in [1.82, 2.24) is 4.90 Å². The summed E-state index contributed by atoms with van der Waals surface area (Å²) in [5, 5.41) is 10.3. The molecule has 1 aliphatic rings. The zero-order chi connectivity index (χ0) is 26.4. The monoisotopic (exact) mass is 510 g/mol. The molecule has 0 bridgehead atoms. The van der Waals surface area contributed by atoms with Gasteiger partial charge in [0.25, 0.3) is 0 Å². The summed E-state index contributed by atoms with van der Waals surface area (Å²) in [6.45, 7) is 4.29. The highest BCUT2D eigenvalue weighted by Crippen LogP contribution is 2.48. The summed E-state index contributed by atoms with van der Waals surface area (Å²) in [5.41, 5.74) is -3.43. The van der Waals surface area contributed by atoms with E-state index in [0.717, 1.165) is 38.4 Å². The SMILES string of the molecule is CCN(CCCC(C#N)(c1ccc(C(F)(F)F)c(C(F)(F)F)c1)C1CCCC1)CCc1ccccc1. The minimum atomic E-state index is -5.17. The van der Waals surface area contributed by atoms with E-state index in [-0.39, 0.29) is 11.5 Å². The Kier molecular flexibility index (Phi) is 9.10. The van der Waals surface area contributed by atoms with E-state index in [1.54, 1.807) is 0 Å². The quantitative estimate of drug-likeness (QED) is 0.303. The molecule has 0 amide bonds. The lowest BCUT2D eigenvalue weighted by Gasteiger charge is -2.35. The number of alkyl halides is 6. The van der Waals surface area contributed by atoms with Gasteiger partial charge in [0.1, 0.15) is 0 Å². The topological polar surface area (TPSA) is 27.0 Å². The smallest absolute Gasteiger partial charge is 0.303 e. The van der Waals surface area contributed by atoms with Crippen molar-refractivity contribution in [2.45, 2.75) is 69.6 Å². The van der Waals surface area contributed by atoms with Gasteiger partial charge in [-0.3, -0.25) is 0 Å². The molecule has 8 heteroatoms. The number of rotatable bonds is 10. The van der Waals surface area contributed by atoms with Gasteiger partial charge >= 0.3 is 12.4 Å². The van der Waals surface area contributed by atoms with Crippen LogP contribution >= 0.6 is 0 Å². The molecule has 0 saturated heterocycles. The maximum Gasteiger partial charge on any atom is 0.417 e. The Balaban J connectivity index is 1.85. The number of likely N-dealkylation sites (N-methyl/N-ethyl adjacent to an activating group) is 1. The summed E-state index contributed by atoms with van der Waals surface area (Å²) >= 11 is 0. The molecular weight excluding hydrogens is 478 g/mol. The lowest BCUT2D eigenvalue weighted by molar-refractivity contribution is -0.162. The summed E-state index contributed by atoms with van der Waals surface area (Å²) in [5.74, 6) is -0.181. The molecule has 0 radical (unpaired) electrons. The lowest BCUT2D eigenvalue weighted by Crippen LogP contribution is -2.35. The Morgan fingerprint density at radius 2 is 1.53 bits per heavy atom. The summed E-state index contributed by atoms with van der Waals surface area (Å²) in [6.07, 6.45) is -5.50. The molecular formula is C28H32F6N2. The highest BCUT2D eigenvalue weighted by Gasteiger charge is 2.47. The van der Waals surface area contributed by atoms with Crippen molar-refractivity contribution in [3.8, 4) is 6.07 Å². The second-order valence-electron chi connectivity index (χ2n) is 9.59. The van der Waals surface area contributed by atoms with Crippen molar-refractivity contribution in [1.29, 1.82) is 5.26 Å². The van der Waals surface area contributed by atoms with Crippen molar-refractivity contribution in [2.75, 3.05) is 19.6 Å². The van der Waals surface area contributed by atoms with Crippen molar-refractivity contribution in [3.63, 3.8) is 0 Å². The third-order valence-corrected chi connectivity index (χ3v) is 7.45. The van der Waals surface area contributed by atoms with Crippen LogP contribution in [-0.4, -0.2) is 24.5 Å². The zero-order valence-corrected chi connectivity index (χ0v) is 20.4. The predicted molar refractivity (Wildman–Crippen MR) is 127 cm³/mol. The first-order chi connectivity index (χ1) is 17.0. The summed E-state index contributed by atoms with van der Waals surface area (Å²) in [4.78, 5) is 2.23. The van der Waals surface area contributed by atoms with Crippen LogP contribution in [0.2, 0.25) is 0 Å². The van der Waals surface area contributed by atoms with Gasteiger partial charge in [-0.1, -0.05) is 56.2 Å². The Bertz CT molecular complexity index is 1020. The number of nitrogens with zero attached hydrogens (tertiary/aromatic N) is 2. The van der Waals surface area contributed by atoms with Crippen molar-refractivity contribution in [2.24, 2.45) is 5.92 Å². The molecule has 36 heavy (non-hydrogen) atoms. The van der Waals surface area contributed by atoms with Gasteiger partial charge in [-0.25, -0.2) is 0 Å². The molecule has 1 fully saturated rings. The van der Waals surface area contributed by atoms with Gasteiger partial charge in [-0.05, 0) is 74.4 Å². The first-order valence-electron chi connectivity index (χ1n) is 12.5. The standard InChI is InChI=1S/C28H32F6N2/c1-2-36(18-15-21-9-4-3-5-10-21)17-8-16-26(20-35,22-11-6-7-12-22)23-13-14-24(27(29,30)31)25(19-23)28(32,33)34/h3-5,9-10,13-14,19,22H,2,6-8,11-12,15-18H2,1H3. The van der Waals surface area contributed by atoms with Crippen LogP contribution < -0.4 is 0 Å². The van der Waals surface area contributed by atoms with Crippen LogP contribution in [0.1, 0.15) is 67.7 Å². The van der Waals surface area contributed by atoms with Crippen molar-refractivity contribution in [3.05, 3.63) is 70.8 Å². The van der Waals surface area contributed by atoms with Gasteiger partial charge in [-0.15, -0.1) is 0 Å². The van der Waals surface area contributed by atoms with E-state index in [4.69, 9.17) is 0 Å².